The maximum absolute atomic E-state index is 13.0. The Bertz CT molecular complexity index is 1360. The van der Waals surface area contributed by atoms with Gasteiger partial charge in [0.05, 0.1) is 35.9 Å². The van der Waals surface area contributed by atoms with Crippen molar-refractivity contribution in [1.29, 1.82) is 0 Å². The molecule has 2 heterocycles. The van der Waals surface area contributed by atoms with E-state index in [-0.39, 0.29) is 17.8 Å². The lowest BCUT2D eigenvalue weighted by atomic mass is 10.1. The van der Waals surface area contributed by atoms with Crippen LogP contribution in [0.4, 0.5) is 11.4 Å². The smallest absolute Gasteiger partial charge is 0.293 e. The van der Waals surface area contributed by atoms with Crippen LogP contribution in [0.5, 0.6) is 11.5 Å². The Morgan fingerprint density at radius 2 is 1.88 bits per heavy atom. The molecule has 1 amide bonds. The first-order valence-corrected chi connectivity index (χ1v) is 11.6. The third-order valence-electron chi connectivity index (χ3n) is 5.75. The fraction of sp³-hybridized carbons (Fsp3) is 0.333. The number of fused-ring (bicyclic) bond motifs is 1. The predicted molar refractivity (Wildman–Crippen MR) is 131 cm³/mol. The number of nitrogens with zero attached hydrogens (tertiary/aromatic N) is 4. The molecule has 176 valence electrons. The largest absolute Gasteiger partial charge is 0.493 e. The van der Waals surface area contributed by atoms with E-state index in [4.69, 9.17) is 15.9 Å². The SMILES string of the molecule is C#CCn1c(=NC(=O)c2ccc(N3CCCCC3)c([N+](=O)[O-])c2)sc2cc(OC)c(OC)cc21. The molecule has 10 heteroatoms. The molecule has 0 unspecified atom stereocenters. The van der Waals surface area contributed by atoms with Crippen molar-refractivity contribution in [3.8, 4) is 23.8 Å². The molecule has 0 spiro atoms. The van der Waals surface area contributed by atoms with Gasteiger partial charge < -0.3 is 18.9 Å². The molecule has 3 aromatic rings. The number of hydrogen-bond acceptors (Lipinski definition) is 7. The van der Waals surface area contributed by atoms with Gasteiger partial charge in [-0.2, -0.15) is 4.99 Å². The number of carbonyl (C=O) groups excluding carboxylic acids is 1. The second-order valence-corrected chi connectivity index (χ2v) is 8.78. The monoisotopic (exact) mass is 480 g/mol. The van der Waals surface area contributed by atoms with Crippen LogP contribution in [0.3, 0.4) is 0 Å². The minimum absolute atomic E-state index is 0.0923. The molecule has 2 aromatic carbocycles. The van der Waals surface area contributed by atoms with Gasteiger partial charge in [0.2, 0.25) is 0 Å². The lowest BCUT2D eigenvalue weighted by Crippen LogP contribution is -2.30. The van der Waals surface area contributed by atoms with Crippen molar-refractivity contribution in [2.45, 2.75) is 25.8 Å². The highest BCUT2D eigenvalue weighted by Gasteiger charge is 2.23. The van der Waals surface area contributed by atoms with E-state index in [9.17, 15) is 14.9 Å². The summed E-state index contributed by atoms with van der Waals surface area (Å²) >= 11 is 1.27. The second-order valence-electron chi connectivity index (χ2n) is 7.78. The minimum Gasteiger partial charge on any atom is -0.493 e. The maximum Gasteiger partial charge on any atom is 0.293 e. The molecule has 4 rings (SSSR count). The normalized spacial score (nSPS) is 14.1. The number of thiazole rings is 1. The average Bonchev–Trinajstić information content (AvgIpc) is 3.19. The Morgan fingerprint density at radius 1 is 1.18 bits per heavy atom. The van der Waals surface area contributed by atoms with Gasteiger partial charge in [0.1, 0.15) is 5.69 Å². The van der Waals surface area contributed by atoms with E-state index in [0.29, 0.717) is 22.0 Å². The molecule has 9 nitrogen and oxygen atoms in total. The van der Waals surface area contributed by atoms with E-state index in [0.717, 1.165) is 42.6 Å². The quantitative estimate of drug-likeness (QED) is 0.301. The number of piperidine rings is 1. The number of ether oxygens (including phenoxy) is 2. The van der Waals surface area contributed by atoms with Crippen LogP contribution in [-0.2, 0) is 6.54 Å². The van der Waals surface area contributed by atoms with Crippen LogP contribution in [-0.4, -0.2) is 42.7 Å². The Hall–Kier alpha value is -3.84. The van der Waals surface area contributed by atoms with Gasteiger partial charge in [-0.1, -0.05) is 17.3 Å². The molecule has 0 aliphatic carbocycles. The standard InChI is InChI=1S/C24H24N4O5S/c1-4-10-27-19-14-20(32-2)21(33-3)15-22(19)34-24(27)25-23(29)16-8-9-17(18(13-16)28(30)31)26-11-6-5-7-12-26/h1,8-9,13-15H,5-7,10-12H2,2-3H3. The molecular formula is C24H24N4O5S. The number of amides is 1. The van der Waals surface area contributed by atoms with Crippen molar-refractivity contribution in [2.75, 3.05) is 32.2 Å². The zero-order valence-corrected chi connectivity index (χ0v) is 19.8. The van der Waals surface area contributed by atoms with E-state index < -0.39 is 10.8 Å². The van der Waals surface area contributed by atoms with Crippen molar-refractivity contribution < 1.29 is 19.2 Å². The summed E-state index contributed by atoms with van der Waals surface area (Å²) in [5.41, 5.74) is 1.33. The molecule has 0 radical (unpaired) electrons. The number of carbonyl (C=O) groups is 1. The van der Waals surface area contributed by atoms with Gasteiger partial charge in [0.15, 0.2) is 16.3 Å². The van der Waals surface area contributed by atoms with Gasteiger partial charge in [-0.25, -0.2) is 0 Å². The molecule has 0 saturated carbocycles. The van der Waals surface area contributed by atoms with Gasteiger partial charge in [-0.3, -0.25) is 14.9 Å². The summed E-state index contributed by atoms with van der Waals surface area (Å²) in [6.07, 6.45) is 8.66. The number of benzene rings is 2. The van der Waals surface area contributed by atoms with Crippen molar-refractivity contribution in [3.63, 3.8) is 0 Å². The van der Waals surface area contributed by atoms with Crippen LogP contribution in [0.2, 0.25) is 0 Å². The van der Waals surface area contributed by atoms with Crippen molar-refractivity contribution in [1.82, 2.24) is 4.57 Å². The highest BCUT2D eigenvalue weighted by molar-refractivity contribution is 7.16. The average molecular weight is 481 g/mol. The van der Waals surface area contributed by atoms with Crippen LogP contribution >= 0.6 is 11.3 Å². The molecule has 0 atom stereocenters. The fourth-order valence-corrected chi connectivity index (χ4v) is 5.12. The summed E-state index contributed by atoms with van der Waals surface area (Å²) in [6.45, 7) is 1.72. The number of nitro benzene ring substituents is 1. The van der Waals surface area contributed by atoms with Crippen molar-refractivity contribution in [2.24, 2.45) is 4.99 Å². The van der Waals surface area contributed by atoms with Gasteiger partial charge >= 0.3 is 0 Å². The first-order valence-electron chi connectivity index (χ1n) is 10.8. The molecule has 1 aliphatic rings. The molecular weight excluding hydrogens is 456 g/mol. The summed E-state index contributed by atoms with van der Waals surface area (Å²) in [5, 5.41) is 11.8. The third kappa shape index (κ3) is 4.47. The number of nitro groups is 1. The zero-order valence-electron chi connectivity index (χ0n) is 18.9. The molecule has 1 fully saturated rings. The van der Waals surface area contributed by atoms with Crippen LogP contribution in [0.15, 0.2) is 35.3 Å². The molecule has 1 aromatic heterocycles. The van der Waals surface area contributed by atoms with E-state index in [1.54, 1.807) is 35.9 Å². The number of hydrogen-bond donors (Lipinski definition) is 0. The van der Waals surface area contributed by atoms with E-state index in [1.807, 2.05) is 4.90 Å². The number of anilines is 1. The predicted octanol–water partition coefficient (Wildman–Crippen LogP) is 3.99. The van der Waals surface area contributed by atoms with Crippen LogP contribution in [0, 0.1) is 22.5 Å². The fourth-order valence-electron chi connectivity index (χ4n) is 4.08. The number of rotatable bonds is 6. The van der Waals surface area contributed by atoms with E-state index >= 15 is 0 Å². The molecule has 34 heavy (non-hydrogen) atoms. The summed E-state index contributed by atoms with van der Waals surface area (Å²) in [6, 6.07) is 8.12. The Morgan fingerprint density at radius 3 is 2.53 bits per heavy atom. The van der Waals surface area contributed by atoms with Crippen molar-refractivity contribution >= 4 is 38.8 Å². The van der Waals surface area contributed by atoms with E-state index in [2.05, 4.69) is 10.9 Å². The van der Waals surface area contributed by atoms with E-state index in [1.165, 1.54) is 24.5 Å². The van der Waals surface area contributed by atoms with Crippen LogP contribution in [0.25, 0.3) is 10.2 Å². The lowest BCUT2D eigenvalue weighted by molar-refractivity contribution is -0.384. The molecule has 1 saturated heterocycles. The van der Waals surface area contributed by atoms with Gasteiger partial charge in [-0.15, -0.1) is 6.42 Å². The summed E-state index contributed by atoms with van der Waals surface area (Å²) in [7, 11) is 3.08. The highest BCUT2D eigenvalue weighted by atomic mass is 32.1. The molecule has 0 N–H and O–H groups in total. The van der Waals surface area contributed by atoms with Crippen molar-refractivity contribution in [3.05, 3.63) is 50.8 Å². The third-order valence-corrected chi connectivity index (χ3v) is 6.79. The first-order chi connectivity index (χ1) is 16.5. The Labute approximate surface area is 200 Å². The van der Waals surface area contributed by atoms with Crippen LogP contribution < -0.4 is 19.2 Å². The minimum atomic E-state index is -0.579. The summed E-state index contributed by atoms with van der Waals surface area (Å²) in [4.78, 5) is 31.0. The summed E-state index contributed by atoms with van der Waals surface area (Å²) in [5.74, 6) is 3.08. The maximum atomic E-state index is 13.0. The van der Waals surface area contributed by atoms with Gasteiger partial charge in [0, 0.05) is 36.9 Å². The number of terminal acetylenes is 1. The van der Waals surface area contributed by atoms with Gasteiger partial charge in [0.25, 0.3) is 11.6 Å². The highest BCUT2D eigenvalue weighted by Crippen LogP contribution is 2.34. The first kappa shape index (κ1) is 23.3. The second kappa shape index (κ2) is 9.97. The molecule has 1 aliphatic heterocycles. The topological polar surface area (TPSA) is 99.2 Å². The van der Waals surface area contributed by atoms with Crippen LogP contribution in [0.1, 0.15) is 29.6 Å². The summed E-state index contributed by atoms with van der Waals surface area (Å²) < 4.78 is 13.3. The zero-order chi connectivity index (χ0) is 24.2. The molecule has 0 bridgehead atoms. The Kier molecular flexibility index (Phi) is 6.84. The lowest BCUT2D eigenvalue weighted by Gasteiger charge is -2.28. The number of aromatic nitrogens is 1. The number of methoxy groups -OCH3 is 2. The van der Waals surface area contributed by atoms with Gasteiger partial charge in [-0.05, 0) is 31.4 Å². The Balaban J connectivity index is 1.78.